The van der Waals surface area contributed by atoms with E-state index in [1.165, 1.54) is 5.56 Å². The van der Waals surface area contributed by atoms with Gasteiger partial charge < -0.3 is 14.8 Å². The monoisotopic (exact) mass is 277 g/mol. The van der Waals surface area contributed by atoms with Gasteiger partial charge in [0.2, 0.25) is 0 Å². The minimum atomic E-state index is 0.338. The van der Waals surface area contributed by atoms with Crippen molar-refractivity contribution in [2.45, 2.75) is 39.3 Å². The fraction of sp³-hybridized carbons (Fsp3) is 0.529. The number of unbranched alkanes of at least 4 members (excludes halogenated alkanes) is 1. The van der Waals surface area contributed by atoms with E-state index in [4.69, 9.17) is 9.47 Å². The van der Waals surface area contributed by atoms with Gasteiger partial charge in [-0.2, -0.15) is 0 Å². The van der Waals surface area contributed by atoms with Gasteiger partial charge in [0.15, 0.2) is 0 Å². The molecular formula is C17H27NO2. The zero-order chi connectivity index (χ0) is 14.6. The minimum Gasteiger partial charge on any atom is -0.490 e. The van der Waals surface area contributed by atoms with Gasteiger partial charge in [0, 0.05) is 13.2 Å². The molecule has 0 radical (unpaired) electrons. The average Bonchev–Trinajstić information content (AvgIpc) is 2.45. The summed E-state index contributed by atoms with van der Waals surface area (Å²) < 4.78 is 11.0. The maximum absolute atomic E-state index is 5.50. The minimum absolute atomic E-state index is 0.338. The Morgan fingerprint density at radius 3 is 2.60 bits per heavy atom. The molecule has 0 saturated carbocycles. The van der Waals surface area contributed by atoms with Crippen LogP contribution in [0.3, 0.4) is 0 Å². The van der Waals surface area contributed by atoms with Crippen molar-refractivity contribution in [3.8, 4) is 5.75 Å². The van der Waals surface area contributed by atoms with Gasteiger partial charge in [-0.3, -0.25) is 0 Å². The molecule has 20 heavy (non-hydrogen) atoms. The quantitative estimate of drug-likeness (QED) is 0.495. The molecule has 1 rings (SSSR count). The lowest BCUT2D eigenvalue weighted by atomic mass is 10.2. The summed E-state index contributed by atoms with van der Waals surface area (Å²) >= 11 is 0. The van der Waals surface area contributed by atoms with Crippen molar-refractivity contribution >= 4 is 0 Å². The van der Waals surface area contributed by atoms with Crippen LogP contribution in [0, 0.1) is 0 Å². The molecule has 1 N–H and O–H groups in total. The van der Waals surface area contributed by atoms with Crippen molar-refractivity contribution in [2.75, 3.05) is 19.8 Å². The second kappa shape index (κ2) is 10.5. The van der Waals surface area contributed by atoms with Crippen LogP contribution in [0.1, 0.15) is 32.3 Å². The van der Waals surface area contributed by atoms with Crippen LogP contribution in [0.5, 0.6) is 5.75 Å². The molecule has 1 aromatic rings. The fourth-order valence-electron chi connectivity index (χ4n) is 1.76. The first-order valence-electron chi connectivity index (χ1n) is 7.37. The Bertz CT molecular complexity index is 360. The van der Waals surface area contributed by atoms with Gasteiger partial charge in [0.05, 0.1) is 6.10 Å². The second-order valence-electron chi connectivity index (χ2n) is 5.05. The molecule has 0 amide bonds. The number of rotatable bonds is 11. The Morgan fingerprint density at radius 2 is 1.95 bits per heavy atom. The Kier molecular flexibility index (Phi) is 8.76. The van der Waals surface area contributed by atoms with Crippen LogP contribution < -0.4 is 10.1 Å². The van der Waals surface area contributed by atoms with E-state index in [1.807, 2.05) is 12.1 Å². The zero-order valence-corrected chi connectivity index (χ0v) is 12.7. The van der Waals surface area contributed by atoms with Crippen LogP contribution in [0.4, 0.5) is 0 Å². The van der Waals surface area contributed by atoms with Crippen molar-refractivity contribution in [1.82, 2.24) is 5.32 Å². The Balaban J connectivity index is 2.08. The highest BCUT2D eigenvalue weighted by molar-refractivity contribution is 5.27. The summed E-state index contributed by atoms with van der Waals surface area (Å²) in [6, 6.07) is 8.18. The van der Waals surface area contributed by atoms with Crippen molar-refractivity contribution < 1.29 is 9.47 Å². The third kappa shape index (κ3) is 7.97. The molecule has 3 heteroatoms. The van der Waals surface area contributed by atoms with Crippen LogP contribution in [-0.2, 0) is 11.3 Å². The standard InChI is InChI=1S/C17H27NO2/c1-4-12-20-17-9-7-16(8-10-17)14-18-11-5-6-13-19-15(2)3/h4,7-10,15,18H,1,5-6,11-14H2,2-3H3. The summed E-state index contributed by atoms with van der Waals surface area (Å²) in [5, 5.41) is 3.44. The summed E-state index contributed by atoms with van der Waals surface area (Å²) in [5.74, 6) is 0.888. The van der Waals surface area contributed by atoms with Crippen molar-refractivity contribution in [1.29, 1.82) is 0 Å². The predicted octanol–water partition coefficient (Wildman–Crippen LogP) is 3.55. The van der Waals surface area contributed by atoms with Crippen LogP contribution in [-0.4, -0.2) is 25.9 Å². The lowest BCUT2D eigenvalue weighted by Crippen LogP contribution is -2.15. The smallest absolute Gasteiger partial charge is 0.119 e. The van der Waals surface area contributed by atoms with Gasteiger partial charge in [-0.05, 0) is 50.9 Å². The maximum Gasteiger partial charge on any atom is 0.119 e. The second-order valence-corrected chi connectivity index (χ2v) is 5.05. The third-order valence-corrected chi connectivity index (χ3v) is 2.82. The van der Waals surface area contributed by atoms with Crippen molar-refractivity contribution in [3.63, 3.8) is 0 Å². The Morgan fingerprint density at radius 1 is 1.20 bits per heavy atom. The molecule has 0 atom stereocenters. The third-order valence-electron chi connectivity index (χ3n) is 2.82. The van der Waals surface area contributed by atoms with Crippen LogP contribution in [0.15, 0.2) is 36.9 Å². The van der Waals surface area contributed by atoms with Crippen LogP contribution in [0.2, 0.25) is 0 Å². The Hall–Kier alpha value is -1.32. The summed E-state index contributed by atoms with van der Waals surface area (Å²) in [6.07, 6.45) is 4.34. The molecule has 3 nitrogen and oxygen atoms in total. The van der Waals surface area contributed by atoms with E-state index in [0.29, 0.717) is 12.7 Å². The van der Waals surface area contributed by atoms with Gasteiger partial charge >= 0.3 is 0 Å². The highest BCUT2D eigenvalue weighted by atomic mass is 16.5. The molecule has 1 aromatic carbocycles. The highest BCUT2D eigenvalue weighted by Gasteiger charge is 1.96. The van der Waals surface area contributed by atoms with Gasteiger partial charge in [-0.1, -0.05) is 24.8 Å². The molecular weight excluding hydrogens is 250 g/mol. The highest BCUT2D eigenvalue weighted by Crippen LogP contribution is 2.11. The number of hydrogen-bond donors (Lipinski definition) is 1. The zero-order valence-electron chi connectivity index (χ0n) is 12.7. The van der Waals surface area contributed by atoms with Crippen molar-refractivity contribution in [2.24, 2.45) is 0 Å². The Labute approximate surface area is 123 Å². The summed E-state index contributed by atoms with van der Waals surface area (Å²) in [4.78, 5) is 0. The molecule has 0 heterocycles. The number of nitrogens with one attached hydrogen (secondary N) is 1. The number of hydrogen-bond acceptors (Lipinski definition) is 3. The lowest BCUT2D eigenvalue weighted by molar-refractivity contribution is 0.0760. The molecule has 0 aliphatic carbocycles. The molecule has 0 bridgehead atoms. The number of ether oxygens (including phenoxy) is 2. The number of benzene rings is 1. The lowest BCUT2D eigenvalue weighted by Gasteiger charge is -2.08. The molecule has 0 aliphatic heterocycles. The van der Waals surface area contributed by atoms with Gasteiger partial charge in [0.25, 0.3) is 0 Å². The van der Waals surface area contributed by atoms with Gasteiger partial charge in [0.1, 0.15) is 12.4 Å². The van der Waals surface area contributed by atoms with Crippen LogP contribution >= 0.6 is 0 Å². The SMILES string of the molecule is C=CCOc1ccc(CNCCCCOC(C)C)cc1. The largest absolute Gasteiger partial charge is 0.490 e. The van der Waals surface area contributed by atoms with Crippen molar-refractivity contribution in [3.05, 3.63) is 42.5 Å². The first-order valence-corrected chi connectivity index (χ1v) is 7.37. The van der Waals surface area contributed by atoms with E-state index in [2.05, 4.69) is 37.9 Å². The molecule has 0 aliphatic rings. The normalized spacial score (nSPS) is 10.8. The fourth-order valence-corrected chi connectivity index (χ4v) is 1.76. The summed E-state index contributed by atoms with van der Waals surface area (Å²) in [6.45, 7) is 11.1. The molecule has 112 valence electrons. The summed E-state index contributed by atoms with van der Waals surface area (Å²) in [7, 11) is 0. The van der Waals surface area contributed by atoms with E-state index >= 15 is 0 Å². The molecule has 0 unspecified atom stereocenters. The van der Waals surface area contributed by atoms with E-state index in [0.717, 1.165) is 38.3 Å². The van der Waals surface area contributed by atoms with E-state index in [1.54, 1.807) is 6.08 Å². The summed E-state index contributed by atoms with van der Waals surface area (Å²) in [5.41, 5.74) is 1.27. The molecule has 0 saturated heterocycles. The topological polar surface area (TPSA) is 30.5 Å². The molecule has 0 fully saturated rings. The van der Waals surface area contributed by atoms with Crippen LogP contribution in [0.25, 0.3) is 0 Å². The van der Waals surface area contributed by atoms with E-state index < -0.39 is 0 Å². The molecule has 0 aromatic heterocycles. The molecule has 0 spiro atoms. The van der Waals surface area contributed by atoms with E-state index in [-0.39, 0.29) is 0 Å². The maximum atomic E-state index is 5.50. The van der Waals surface area contributed by atoms with E-state index in [9.17, 15) is 0 Å². The first-order chi connectivity index (χ1) is 9.72. The predicted molar refractivity (Wildman–Crippen MR) is 84.2 cm³/mol. The van der Waals surface area contributed by atoms with Gasteiger partial charge in [-0.15, -0.1) is 0 Å². The average molecular weight is 277 g/mol. The first kappa shape index (κ1) is 16.7. The van der Waals surface area contributed by atoms with Gasteiger partial charge in [-0.25, -0.2) is 0 Å².